The van der Waals surface area contributed by atoms with Crippen LogP contribution in [0.2, 0.25) is 0 Å². The molecule has 0 radical (unpaired) electrons. The van der Waals surface area contributed by atoms with Crippen LogP contribution in [0, 0.1) is 0 Å². The van der Waals surface area contributed by atoms with E-state index < -0.39 is 10.0 Å². The Labute approximate surface area is 113 Å². The van der Waals surface area contributed by atoms with Crippen molar-refractivity contribution in [1.29, 1.82) is 0 Å². The van der Waals surface area contributed by atoms with Crippen LogP contribution in [-0.4, -0.2) is 33.5 Å². The fourth-order valence-electron chi connectivity index (χ4n) is 1.50. The van der Waals surface area contributed by atoms with Gasteiger partial charge in [0, 0.05) is 11.8 Å². The maximum Gasteiger partial charge on any atom is 0.240 e. The summed E-state index contributed by atoms with van der Waals surface area (Å²) in [6.07, 6.45) is 2.02. The third-order valence-electron chi connectivity index (χ3n) is 2.42. The van der Waals surface area contributed by atoms with Gasteiger partial charge in [-0.15, -0.1) is 0 Å². The number of hydrogen-bond acceptors (Lipinski definition) is 5. The summed E-state index contributed by atoms with van der Waals surface area (Å²) >= 11 is 1.72. The molecule has 7 heteroatoms. The van der Waals surface area contributed by atoms with Gasteiger partial charge in [0.05, 0.1) is 16.3 Å². The van der Waals surface area contributed by atoms with Crippen molar-refractivity contribution in [3.8, 4) is 0 Å². The minimum atomic E-state index is -3.44. The van der Waals surface area contributed by atoms with Crippen LogP contribution < -0.4 is 15.8 Å². The number of nitrogen functional groups attached to an aromatic ring is 1. The Balaban J connectivity index is 3.02. The van der Waals surface area contributed by atoms with Gasteiger partial charge in [0.15, 0.2) is 0 Å². The molecule has 0 aromatic heterocycles. The van der Waals surface area contributed by atoms with Crippen LogP contribution in [0.1, 0.15) is 6.92 Å². The van der Waals surface area contributed by atoms with Crippen LogP contribution in [0.5, 0.6) is 0 Å². The highest BCUT2D eigenvalue weighted by atomic mass is 32.2. The molecule has 102 valence electrons. The van der Waals surface area contributed by atoms with Gasteiger partial charge in [-0.1, -0.05) is 0 Å². The maximum atomic E-state index is 11.7. The van der Waals surface area contributed by atoms with E-state index in [1.54, 1.807) is 23.9 Å². The molecule has 0 spiro atoms. The lowest BCUT2D eigenvalue weighted by Gasteiger charge is -2.16. The number of anilines is 2. The summed E-state index contributed by atoms with van der Waals surface area (Å²) in [6, 6.07) is 4.86. The van der Waals surface area contributed by atoms with E-state index in [9.17, 15) is 8.42 Å². The Hall–Kier alpha value is -0.920. The van der Waals surface area contributed by atoms with Gasteiger partial charge in [0.2, 0.25) is 10.0 Å². The number of benzene rings is 1. The highest BCUT2D eigenvalue weighted by Crippen LogP contribution is 2.23. The summed E-state index contributed by atoms with van der Waals surface area (Å²) in [7, 11) is -2.05. The van der Waals surface area contributed by atoms with E-state index in [4.69, 9.17) is 5.73 Å². The molecule has 5 nitrogen and oxygen atoms in total. The second kappa shape index (κ2) is 6.31. The van der Waals surface area contributed by atoms with Crippen molar-refractivity contribution in [2.24, 2.45) is 0 Å². The monoisotopic (exact) mass is 289 g/mol. The topological polar surface area (TPSA) is 84.2 Å². The second-order valence-electron chi connectivity index (χ2n) is 3.96. The summed E-state index contributed by atoms with van der Waals surface area (Å²) in [5.74, 6) is 0.919. The number of hydrogen-bond donors (Lipinski definition) is 3. The molecule has 0 amide bonds. The van der Waals surface area contributed by atoms with Crippen molar-refractivity contribution in [2.45, 2.75) is 17.9 Å². The summed E-state index contributed by atoms with van der Waals surface area (Å²) < 4.78 is 25.7. The molecule has 1 rings (SSSR count). The number of thioether (sulfide) groups is 1. The van der Waals surface area contributed by atoms with Crippen LogP contribution in [-0.2, 0) is 10.0 Å². The van der Waals surface area contributed by atoms with Gasteiger partial charge in [-0.2, -0.15) is 11.8 Å². The summed E-state index contributed by atoms with van der Waals surface area (Å²) in [5.41, 5.74) is 7.02. The molecule has 0 aliphatic rings. The molecule has 0 aliphatic carbocycles. The summed E-state index contributed by atoms with van der Waals surface area (Å²) in [5, 5.41) is 3.21. The minimum absolute atomic E-state index is 0.207. The second-order valence-corrected chi connectivity index (χ2v) is 6.75. The average Bonchev–Trinajstić information content (AvgIpc) is 2.32. The standard InChI is InChI=1S/C11H19N3O2S2/c1-8(7-17-3)14-11-6-9(4-5-10(11)12)18(15,16)13-2/h4-6,8,13-14H,7,12H2,1-3H3. The molecule has 0 saturated heterocycles. The van der Waals surface area contributed by atoms with E-state index in [2.05, 4.69) is 10.0 Å². The van der Waals surface area contributed by atoms with Crippen molar-refractivity contribution >= 4 is 33.2 Å². The molecule has 18 heavy (non-hydrogen) atoms. The third-order valence-corrected chi connectivity index (χ3v) is 4.67. The van der Waals surface area contributed by atoms with Crippen molar-refractivity contribution in [2.75, 3.05) is 30.1 Å². The zero-order chi connectivity index (χ0) is 13.8. The molecule has 1 aromatic carbocycles. The first kappa shape index (κ1) is 15.1. The molecule has 0 saturated carbocycles. The van der Waals surface area contributed by atoms with Crippen molar-refractivity contribution in [1.82, 2.24) is 4.72 Å². The zero-order valence-corrected chi connectivity index (χ0v) is 12.4. The highest BCUT2D eigenvalue weighted by Gasteiger charge is 2.14. The van der Waals surface area contributed by atoms with Gasteiger partial charge in [-0.25, -0.2) is 13.1 Å². The van der Waals surface area contributed by atoms with Gasteiger partial charge >= 0.3 is 0 Å². The first-order valence-electron chi connectivity index (χ1n) is 5.49. The average molecular weight is 289 g/mol. The van der Waals surface area contributed by atoms with E-state index in [1.165, 1.54) is 13.1 Å². The number of rotatable bonds is 6. The molecular formula is C11H19N3O2S2. The first-order valence-corrected chi connectivity index (χ1v) is 8.37. The highest BCUT2D eigenvalue weighted by molar-refractivity contribution is 7.98. The molecule has 0 aliphatic heterocycles. The zero-order valence-electron chi connectivity index (χ0n) is 10.7. The van der Waals surface area contributed by atoms with Gasteiger partial charge in [0.1, 0.15) is 0 Å². The van der Waals surface area contributed by atoms with Crippen molar-refractivity contribution in [3.05, 3.63) is 18.2 Å². The Morgan fingerprint density at radius 3 is 2.67 bits per heavy atom. The van der Waals surface area contributed by atoms with Crippen LogP contribution >= 0.6 is 11.8 Å². The van der Waals surface area contributed by atoms with E-state index >= 15 is 0 Å². The van der Waals surface area contributed by atoms with E-state index in [0.29, 0.717) is 11.4 Å². The molecular weight excluding hydrogens is 270 g/mol. The quantitative estimate of drug-likeness (QED) is 0.688. The van der Waals surface area contributed by atoms with E-state index in [-0.39, 0.29) is 10.9 Å². The number of nitrogens with one attached hydrogen (secondary N) is 2. The molecule has 1 atom stereocenters. The maximum absolute atomic E-state index is 11.7. The lowest BCUT2D eigenvalue weighted by Crippen LogP contribution is -2.21. The van der Waals surface area contributed by atoms with Gasteiger partial charge in [-0.3, -0.25) is 0 Å². The first-order chi connectivity index (χ1) is 8.40. The van der Waals surface area contributed by atoms with Gasteiger partial charge < -0.3 is 11.1 Å². The summed E-state index contributed by atoms with van der Waals surface area (Å²) in [4.78, 5) is 0.207. The Morgan fingerprint density at radius 1 is 1.44 bits per heavy atom. The normalized spacial score (nSPS) is 13.3. The number of nitrogens with two attached hydrogens (primary N) is 1. The lowest BCUT2D eigenvalue weighted by atomic mass is 10.2. The molecule has 1 unspecified atom stereocenters. The Kier molecular flexibility index (Phi) is 5.30. The molecule has 4 N–H and O–H groups in total. The molecule has 1 aromatic rings. The fraction of sp³-hybridized carbons (Fsp3) is 0.455. The van der Waals surface area contributed by atoms with E-state index in [1.807, 2.05) is 13.2 Å². The fourth-order valence-corrected chi connectivity index (χ4v) is 2.84. The number of sulfonamides is 1. The third kappa shape index (κ3) is 3.79. The largest absolute Gasteiger partial charge is 0.397 e. The Morgan fingerprint density at radius 2 is 2.11 bits per heavy atom. The van der Waals surface area contributed by atoms with Gasteiger partial charge in [-0.05, 0) is 38.4 Å². The van der Waals surface area contributed by atoms with Crippen LogP contribution in [0.4, 0.5) is 11.4 Å². The van der Waals surface area contributed by atoms with Crippen LogP contribution in [0.25, 0.3) is 0 Å². The van der Waals surface area contributed by atoms with Gasteiger partial charge in [0.25, 0.3) is 0 Å². The molecule has 0 heterocycles. The molecule has 0 bridgehead atoms. The van der Waals surface area contributed by atoms with Crippen LogP contribution in [0.15, 0.2) is 23.1 Å². The van der Waals surface area contributed by atoms with Crippen LogP contribution in [0.3, 0.4) is 0 Å². The SMILES string of the molecule is CNS(=O)(=O)c1ccc(N)c(NC(C)CSC)c1. The Bertz CT molecular complexity index is 503. The molecule has 0 fully saturated rings. The predicted molar refractivity (Wildman–Crippen MR) is 78.6 cm³/mol. The predicted octanol–water partition coefficient (Wildman–Crippen LogP) is 1.34. The smallest absolute Gasteiger partial charge is 0.240 e. The summed E-state index contributed by atoms with van der Waals surface area (Å²) in [6.45, 7) is 2.02. The van der Waals surface area contributed by atoms with E-state index in [0.717, 1.165) is 5.75 Å². The minimum Gasteiger partial charge on any atom is -0.397 e. The lowest BCUT2D eigenvalue weighted by molar-refractivity contribution is 0.588. The van der Waals surface area contributed by atoms with Crippen molar-refractivity contribution < 1.29 is 8.42 Å². The van der Waals surface area contributed by atoms with Crippen molar-refractivity contribution in [3.63, 3.8) is 0 Å².